The Balaban J connectivity index is 2.05. The van der Waals surface area contributed by atoms with E-state index in [4.69, 9.17) is 14.2 Å². The first-order chi connectivity index (χ1) is 14.6. The molecule has 1 saturated heterocycles. The topological polar surface area (TPSA) is 61.8 Å². The first-order valence-electron chi connectivity index (χ1n) is 10.7. The van der Waals surface area contributed by atoms with Crippen molar-refractivity contribution < 1.29 is 23.8 Å². The molecule has 0 amide bonds. The Kier molecular flexibility index (Phi) is 7.63. The molecule has 30 heavy (non-hydrogen) atoms. The second kappa shape index (κ2) is 10.4. The van der Waals surface area contributed by atoms with Crippen LogP contribution in [0.15, 0.2) is 54.6 Å². The van der Waals surface area contributed by atoms with Crippen molar-refractivity contribution >= 4 is 11.9 Å². The normalized spacial score (nSPS) is 16.3. The zero-order valence-corrected chi connectivity index (χ0v) is 17.8. The number of ether oxygens (including phenoxy) is 3. The summed E-state index contributed by atoms with van der Waals surface area (Å²) in [7, 11) is 0. The van der Waals surface area contributed by atoms with Gasteiger partial charge < -0.3 is 14.2 Å². The van der Waals surface area contributed by atoms with Gasteiger partial charge in [-0.15, -0.1) is 0 Å². The SMILES string of the molecule is CCOC(=O)C(Cc1ccccc1-c1ccccc1)(CC1CCCO1)C(=O)OCC. The fraction of sp³-hybridized carbons (Fsp3) is 0.440. The van der Waals surface area contributed by atoms with Gasteiger partial charge in [-0.2, -0.15) is 0 Å². The van der Waals surface area contributed by atoms with Gasteiger partial charge in [-0.3, -0.25) is 9.59 Å². The molecule has 0 bridgehead atoms. The van der Waals surface area contributed by atoms with Crippen LogP contribution >= 0.6 is 0 Å². The van der Waals surface area contributed by atoms with Crippen LogP contribution in [0.2, 0.25) is 0 Å². The highest BCUT2D eigenvalue weighted by Gasteiger charge is 2.51. The van der Waals surface area contributed by atoms with Gasteiger partial charge in [-0.25, -0.2) is 0 Å². The number of hydrogen-bond donors (Lipinski definition) is 0. The van der Waals surface area contributed by atoms with Crippen LogP contribution in [-0.4, -0.2) is 37.9 Å². The lowest BCUT2D eigenvalue weighted by molar-refractivity contribution is -0.174. The molecule has 1 fully saturated rings. The van der Waals surface area contributed by atoms with Gasteiger partial charge in [0.25, 0.3) is 0 Å². The second-order valence-electron chi connectivity index (χ2n) is 7.56. The Labute approximate surface area is 178 Å². The standard InChI is InChI=1S/C25H30O5/c1-3-28-23(26)25(24(27)29-4-2,18-21-14-10-16-30-21)17-20-13-8-9-15-22(20)19-11-6-5-7-12-19/h5-9,11-13,15,21H,3-4,10,14,16-18H2,1-2H3. The molecule has 1 unspecified atom stereocenters. The minimum atomic E-state index is -1.44. The zero-order chi connectivity index (χ0) is 21.4. The molecule has 1 aliphatic heterocycles. The van der Waals surface area contributed by atoms with Crippen molar-refractivity contribution in [3.8, 4) is 11.1 Å². The Bertz CT molecular complexity index is 822. The predicted octanol–water partition coefficient (Wildman–Crippen LogP) is 4.58. The maximum Gasteiger partial charge on any atom is 0.323 e. The van der Waals surface area contributed by atoms with E-state index in [1.807, 2.05) is 54.6 Å². The number of carbonyl (C=O) groups is 2. The highest BCUT2D eigenvalue weighted by molar-refractivity contribution is 6.00. The van der Waals surface area contributed by atoms with Gasteiger partial charge in [-0.1, -0.05) is 54.6 Å². The predicted molar refractivity (Wildman–Crippen MR) is 115 cm³/mol. The molecule has 2 aromatic rings. The van der Waals surface area contributed by atoms with E-state index in [9.17, 15) is 9.59 Å². The summed E-state index contributed by atoms with van der Waals surface area (Å²) in [6.07, 6.45) is 2.04. The van der Waals surface area contributed by atoms with E-state index in [0.717, 1.165) is 29.5 Å². The van der Waals surface area contributed by atoms with Crippen molar-refractivity contribution in [3.05, 3.63) is 60.2 Å². The fourth-order valence-corrected chi connectivity index (χ4v) is 4.10. The molecule has 0 aliphatic carbocycles. The van der Waals surface area contributed by atoms with Crippen molar-refractivity contribution in [3.63, 3.8) is 0 Å². The molecule has 0 radical (unpaired) electrons. The lowest BCUT2D eigenvalue weighted by atomic mass is 9.75. The molecule has 5 nitrogen and oxygen atoms in total. The highest BCUT2D eigenvalue weighted by atomic mass is 16.6. The lowest BCUT2D eigenvalue weighted by Gasteiger charge is -2.32. The first-order valence-corrected chi connectivity index (χ1v) is 10.7. The van der Waals surface area contributed by atoms with E-state index < -0.39 is 17.4 Å². The molecule has 2 aromatic carbocycles. The molecule has 5 heteroatoms. The molecule has 160 valence electrons. The summed E-state index contributed by atoms with van der Waals surface area (Å²) in [5, 5.41) is 0. The third-order valence-corrected chi connectivity index (χ3v) is 5.53. The Hall–Kier alpha value is -2.66. The van der Waals surface area contributed by atoms with Crippen LogP contribution in [0, 0.1) is 5.41 Å². The molecule has 1 aliphatic rings. The van der Waals surface area contributed by atoms with Gasteiger partial charge in [0.05, 0.1) is 19.3 Å². The van der Waals surface area contributed by atoms with Crippen LogP contribution in [0.3, 0.4) is 0 Å². The monoisotopic (exact) mass is 410 g/mol. The van der Waals surface area contributed by atoms with Gasteiger partial charge in [-0.05, 0) is 49.8 Å². The Morgan fingerprint density at radius 2 is 1.60 bits per heavy atom. The van der Waals surface area contributed by atoms with Crippen molar-refractivity contribution in [2.45, 2.75) is 45.6 Å². The van der Waals surface area contributed by atoms with Crippen molar-refractivity contribution in [2.75, 3.05) is 19.8 Å². The summed E-state index contributed by atoms with van der Waals surface area (Å²) in [5.41, 5.74) is 1.49. The molecule has 1 heterocycles. The molecule has 0 spiro atoms. The van der Waals surface area contributed by atoms with Crippen LogP contribution in [0.1, 0.15) is 38.7 Å². The third kappa shape index (κ3) is 4.90. The maximum atomic E-state index is 13.2. The Morgan fingerprint density at radius 1 is 0.967 bits per heavy atom. The van der Waals surface area contributed by atoms with E-state index in [-0.39, 0.29) is 32.2 Å². The van der Waals surface area contributed by atoms with Gasteiger partial charge in [0, 0.05) is 13.0 Å². The highest BCUT2D eigenvalue weighted by Crippen LogP contribution is 2.38. The molecular formula is C25H30O5. The van der Waals surface area contributed by atoms with Crippen molar-refractivity contribution in [1.29, 1.82) is 0 Å². The average Bonchev–Trinajstić information content (AvgIpc) is 3.27. The summed E-state index contributed by atoms with van der Waals surface area (Å²) >= 11 is 0. The van der Waals surface area contributed by atoms with Crippen molar-refractivity contribution in [1.82, 2.24) is 0 Å². The van der Waals surface area contributed by atoms with E-state index in [1.165, 1.54) is 0 Å². The first kappa shape index (κ1) is 22.0. The van der Waals surface area contributed by atoms with Gasteiger partial charge in [0.2, 0.25) is 0 Å². The molecule has 1 atom stereocenters. The Morgan fingerprint density at radius 3 is 2.20 bits per heavy atom. The van der Waals surface area contributed by atoms with E-state index in [1.54, 1.807) is 13.8 Å². The fourth-order valence-electron chi connectivity index (χ4n) is 4.10. The quantitative estimate of drug-likeness (QED) is 0.447. The minimum absolute atomic E-state index is 0.164. The number of benzene rings is 2. The van der Waals surface area contributed by atoms with Crippen LogP contribution in [0.5, 0.6) is 0 Å². The molecule has 0 aromatic heterocycles. The van der Waals surface area contributed by atoms with Crippen molar-refractivity contribution in [2.24, 2.45) is 5.41 Å². The molecular weight excluding hydrogens is 380 g/mol. The number of carbonyl (C=O) groups excluding carboxylic acids is 2. The zero-order valence-electron chi connectivity index (χ0n) is 17.8. The van der Waals surface area contributed by atoms with Crippen LogP contribution in [0.4, 0.5) is 0 Å². The number of rotatable bonds is 9. The van der Waals surface area contributed by atoms with E-state index >= 15 is 0 Å². The van der Waals surface area contributed by atoms with Crippen LogP contribution < -0.4 is 0 Å². The summed E-state index contributed by atoms with van der Waals surface area (Å²) in [5.74, 6) is -1.08. The largest absolute Gasteiger partial charge is 0.465 e. The summed E-state index contributed by atoms with van der Waals surface area (Å²) in [6.45, 7) is 4.54. The minimum Gasteiger partial charge on any atom is -0.465 e. The third-order valence-electron chi connectivity index (χ3n) is 5.53. The number of hydrogen-bond acceptors (Lipinski definition) is 5. The average molecular weight is 411 g/mol. The number of esters is 2. The summed E-state index contributed by atoms with van der Waals surface area (Å²) < 4.78 is 16.6. The molecule has 0 saturated carbocycles. The van der Waals surface area contributed by atoms with E-state index in [0.29, 0.717) is 6.61 Å². The smallest absolute Gasteiger partial charge is 0.323 e. The van der Waals surface area contributed by atoms with Gasteiger partial charge >= 0.3 is 11.9 Å². The lowest BCUT2D eigenvalue weighted by Crippen LogP contribution is -2.46. The van der Waals surface area contributed by atoms with Gasteiger partial charge in [0.1, 0.15) is 0 Å². The summed E-state index contributed by atoms with van der Waals surface area (Å²) in [4.78, 5) is 26.5. The van der Waals surface area contributed by atoms with E-state index in [2.05, 4.69) is 0 Å². The van der Waals surface area contributed by atoms with Crippen LogP contribution in [0.25, 0.3) is 11.1 Å². The summed E-state index contributed by atoms with van der Waals surface area (Å²) in [6, 6.07) is 17.8. The maximum absolute atomic E-state index is 13.2. The van der Waals surface area contributed by atoms with Gasteiger partial charge in [0.15, 0.2) is 5.41 Å². The molecule has 3 rings (SSSR count). The second-order valence-corrected chi connectivity index (χ2v) is 7.56. The van der Waals surface area contributed by atoms with Crippen LogP contribution in [-0.2, 0) is 30.2 Å². The molecule has 0 N–H and O–H groups in total.